The molecule has 2 fully saturated rings. The molecule has 0 aromatic carbocycles. The number of hydrogen-bond acceptors (Lipinski definition) is 4. The minimum absolute atomic E-state index is 0.790. The SMILES string of the molecule is Brc1cnc2c(N3C[C@H]4CNC[C@H]4C3)ccnc2c1. The van der Waals surface area contributed by atoms with Crippen molar-refractivity contribution in [1.82, 2.24) is 15.3 Å². The summed E-state index contributed by atoms with van der Waals surface area (Å²) in [5, 5.41) is 3.48. The van der Waals surface area contributed by atoms with Gasteiger partial charge in [-0.1, -0.05) is 0 Å². The predicted octanol–water partition coefficient (Wildman–Crippen LogP) is 2.05. The highest BCUT2D eigenvalue weighted by molar-refractivity contribution is 9.10. The first kappa shape index (κ1) is 11.6. The zero-order chi connectivity index (χ0) is 12.8. The van der Waals surface area contributed by atoms with Crippen molar-refractivity contribution in [1.29, 1.82) is 0 Å². The Bertz CT molecular complexity index is 618. The normalized spacial score (nSPS) is 26.1. The second-order valence-corrected chi connectivity index (χ2v) is 6.35. The van der Waals surface area contributed by atoms with Crippen LogP contribution < -0.4 is 10.2 Å². The number of pyridine rings is 2. The van der Waals surface area contributed by atoms with E-state index >= 15 is 0 Å². The van der Waals surface area contributed by atoms with Crippen LogP contribution in [0.1, 0.15) is 0 Å². The van der Waals surface area contributed by atoms with E-state index in [1.54, 1.807) is 0 Å². The minimum Gasteiger partial charge on any atom is -0.369 e. The molecule has 2 aromatic rings. The predicted molar refractivity (Wildman–Crippen MR) is 79.3 cm³/mol. The smallest absolute Gasteiger partial charge is 0.112 e. The molecule has 5 heteroatoms. The van der Waals surface area contributed by atoms with Crippen LogP contribution in [0.15, 0.2) is 29.0 Å². The molecule has 0 bridgehead atoms. The van der Waals surface area contributed by atoms with Crippen LogP contribution in [-0.4, -0.2) is 36.1 Å². The van der Waals surface area contributed by atoms with E-state index in [0.29, 0.717) is 0 Å². The van der Waals surface area contributed by atoms with Gasteiger partial charge in [0.25, 0.3) is 0 Å². The second kappa shape index (κ2) is 4.42. The molecule has 2 aromatic heterocycles. The number of halogens is 1. The highest BCUT2D eigenvalue weighted by Crippen LogP contribution is 2.33. The van der Waals surface area contributed by atoms with Gasteiger partial charge in [-0.3, -0.25) is 9.97 Å². The Morgan fingerprint density at radius 2 is 2.00 bits per heavy atom. The molecular weight excluding hydrogens is 304 g/mol. The number of fused-ring (bicyclic) bond motifs is 2. The largest absolute Gasteiger partial charge is 0.369 e. The molecule has 2 aliphatic heterocycles. The fraction of sp³-hybridized carbons (Fsp3) is 0.429. The molecule has 98 valence electrons. The first-order chi connectivity index (χ1) is 9.31. The topological polar surface area (TPSA) is 41.1 Å². The molecular formula is C14H15BrN4. The van der Waals surface area contributed by atoms with Gasteiger partial charge >= 0.3 is 0 Å². The van der Waals surface area contributed by atoms with Crippen LogP contribution in [0, 0.1) is 11.8 Å². The van der Waals surface area contributed by atoms with Gasteiger partial charge in [0, 0.05) is 43.0 Å². The summed E-state index contributed by atoms with van der Waals surface area (Å²) >= 11 is 3.46. The number of nitrogens with zero attached hydrogens (tertiary/aromatic N) is 3. The number of nitrogens with one attached hydrogen (secondary N) is 1. The lowest BCUT2D eigenvalue weighted by atomic mass is 10.0. The molecule has 4 heterocycles. The van der Waals surface area contributed by atoms with Crippen molar-refractivity contribution in [3.8, 4) is 0 Å². The lowest BCUT2D eigenvalue weighted by molar-refractivity contribution is 0.533. The molecule has 4 rings (SSSR count). The first-order valence-electron chi connectivity index (χ1n) is 6.67. The molecule has 2 saturated heterocycles. The van der Waals surface area contributed by atoms with Crippen molar-refractivity contribution in [2.75, 3.05) is 31.1 Å². The molecule has 2 atom stereocenters. The monoisotopic (exact) mass is 318 g/mol. The zero-order valence-electron chi connectivity index (χ0n) is 10.5. The Labute approximate surface area is 120 Å². The number of rotatable bonds is 1. The third-order valence-electron chi connectivity index (χ3n) is 4.25. The maximum Gasteiger partial charge on any atom is 0.112 e. The molecule has 0 amide bonds. The quantitative estimate of drug-likeness (QED) is 0.873. The van der Waals surface area contributed by atoms with E-state index in [-0.39, 0.29) is 0 Å². The Balaban J connectivity index is 1.75. The summed E-state index contributed by atoms with van der Waals surface area (Å²) in [5.74, 6) is 1.58. The van der Waals surface area contributed by atoms with Crippen molar-refractivity contribution < 1.29 is 0 Å². The Hall–Kier alpha value is -1.20. The number of anilines is 1. The van der Waals surface area contributed by atoms with Gasteiger partial charge in [-0.25, -0.2) is 0 Å². The molecule has 0 unspecified atom stereocenters. The van der Waals surface area contributed by atoms with E-state index in [1.165, 1.54) is 5.69 Å². The summed E-state index contributed by atoms with van der Waals surface area (Å²) in [6.45, 7) is 4.58. The van der Waals surface area contributed by atoms with Crippen molar-refractivity contribution in [3.63, 3.8) is 0 Å². The summed E-state index contributed by atoms with van der Waals surface area (Å²) < 4.78 is 0.979. The summed E-state index contributed by atoms with van der Waals surface area (Å²) in [7, 11) is 0. The molecule has 1 N–H and O–H groups in total. The fourth-order valence-electron chi connectivity index (χ4n) is 3.30. The average molecular weight is 319 g/mol. The van der Waals surface area contributed by atoms with Crippen molar-refractivity contribution >= 4 is 32.7 Å². The van der Waals surface area contributed by atoms with Crippen LogP contribution in [-0.2, 0) is 0 Å². The van der Waals surface area contributed by atoms with Crippen LogP contribution in [0.4, 0.5) is 5.69 Å². The molecule has 2 aliphatic rings. The van der Waals surface area contributed by atoms with Gasteiger partial charge in [0.1, 0.15) is 5.52 Å². The van der Waals surface area contributed by atoms with E-state index in [1.807, 2.05) is 18.5 Å². The van der Waals surface area contributed by atoms with Gasteiger partial charge in [0.05, 0.1) is 11.2 Å². The number of hydrogen-bond donors (Lipinski definition) is 1. The summed E-state index contributed by atoms with van der Waals surface area (Å²) in [6, 6.07) is 4.13. The standard InChI is InChI=1S/C14H15BrN4/c15-11-3-12-14(18-6-11)13(1-2-17-12)19-7-9-4-16-5-10(9)8-19/h1-3,6,9-10,16H,4-5,7-8H2/t9-,10+. The third-order valence-corrected chi connectivity index (χ3v) is 4.69. The molecule has 4 nitrogen and oxygen atoms in total. The van der Waals surface area contributed by atoms with Crippen LogP contribution in [0.3, 0.4) is 0 Å². The molecule has 0 spiro atoms. The molecule has 0 aliphatic carbocycles. The lowest BCUT2D eigenvalue weighted by Gasteiger charge is -2.20. The minimum atomic E-state index is 0.790. The Morgan fingerprint density at radius 1 is 1.21 bits per heavy atom. The van der Waals surface area contributed by atoms with Gasteiger partial charge in [0.2, 0.25) is 0 Å². The molecule has 19 heavy (non-hydrogen) atoms. The highest BCUT2D eigenvalue weighted by atomic mass is 79.9. The average Bonchev–Trinajstić information content (AvgIpc) is 2.98. The number of aromatic nitrogens is 2. The zero-order valence-corrected chi connectivity index (χ0v) is 12.1. The van der Waals surface area contributed by atoms with Gasteiger partial charge in [0.15, 0.2) is 0 Å². The van der Waals surface area contributed by atoms with Crippen LogP contribution >= 0.6 is 15.9 Å². The first-order valence-corrected chi connectivity index (χ1v) is 7.46. The van der Waals surface area contributed by atoms with E-state index < -0.39 is 0 Å². The molecule has 0 radical (unpaired) electrons. The second-order valence-electron chi connectivity index (χ2n) is 5.43. The van der Waals surface area contributed by atoms with E-state index in [2.05, 4.69) is 42.2 Å². The summed E-state index contributed by atoms with van der Waals surface area (Å²) in [4.78, 5) is 11.4. The van der Waals surface area contributed by atoms with E-state index in [0.717, 1.165) is 53.5 Å². The summed E-state index contributed by atoms with van der Waals surface area (Å²) in [6.07, 6.45) is 3.74. The van der Waals surface area contributed by atoms with Gasteiger partial charge in [-0.05, 0) is 39.9 Å². The van der Waals surface area contributed by atoms with Crippen molar-refractivity contribution in [2.45, 2.75) is 0 Å². The van der Waals surface area contributed by atoms with Crippen molar-refractivity contribution in [2.24, 2.45) is 11.8 Å². The molecule has 0 saturated carbocycles. The maximum atomic E-state index is 4.55. The Morgan fingerprint density at radius 3 is 2.79 bits per heavy atom. The highest BCUT2D eigenvalue weighted by Gasteiger charge is 2.36. The van der Waals surface area contributed by atoms with E-state index in [4.69, 9.17) is 0 Å². The van der Waals surface area contributed by atoms with Crippen LogP contribution in [0.5, 0.6) is 0 Å². The maximum absolute atomic E-state index is 4.55. The Kier molecular flexibility index (Phi) is 2.70. The third kappa shape index (κ3) is 1.92. The van der Waals surface area contributed by atoms with Gasteiger partial charge < -0.3 is 10.2 Å². The van der Waals surface area contributed by atoms with Gasteiger partial charge in [-0.15, -0.1) is 0 Å². The van der Waals surface area contributed by atoms with E-state index in [9.17, 15) is 0 Å². The van der Waals surface area contributed by atoms with Gasteiger partial charge in [-0.2, -0.15) is 0 Å². The van der Waals surface area contributed by atoms with Crippen LogP contribution in [0.2, 0.25) is 0 Å². The fourth-order valence-corrected chi connectivity index (χ4v) is 3.62. The van der Waals surface area contributed by atoms with Crippen molar-refractivity contribution in [3.05, 3.63) is 29.0 Å². The summed E-state index contributed by atoms with van der Waals surface area (Å²) in [5.41, 5.74) is 3.20. The lowest BCUT2D eigenvalue weighted by Crippen LogP contribution is -2.25. The van der Waals surface area contributed by atoms with Crippen LogP contribution in [0.25, 0.3) is 11.0 Å².